The van der Waals surface area contributed by atoms with Gasteiger partial charge in [0.25, 0.3) is 0 Å². The number of hydrogen-bond donors (Lipinski definition) is 0. The largest absolute Gasteiger partial charge is 0.493 e. The molecule has 3 heterocycles. The lowest BCUT2D eigenvalue weighted by Gasteiger charge is -2.27. The van der Waals surface area contributed by atoms with Gasteiger partial charge < -0.3 is 18.8 Å². The van der Waals surface area contributed by atoms with Gasteiger partial charge >= 0.3 is 0 Å². The van der Waals surface area contributed by atoms with Crippen LogP contribution in [0.2, 0.25) is 0 Å². The van der Waals surface area contributed by atoms with Crippen LogP contribution in [0.5, 0.6) is 11.5 Å². The van der Waals surface area contributed by atoms with Crippen molar-refractivity contribution in [2.24, 2.45) is 0 Å². The zero-order valence-electron chi connectivity index (χ0n) is 16.2. The molecule has 4 rings (SSSR count). The van der Waals surface area contributed by atoms with Crippen molar-refractivity contribution in [1.82, 2.24) is 19.1 Å². The van der Waals surface area contributed by atoms with Gasteiger partial charge in [0.05, 0.1) is 19.1 Å². The Morgan fingerprint density at radius 1 is 1.07 bits per heavy atom. The summed E-state index contributed by atoms with van der Waals surface area (Å²) in [6.07, 6.45) is 2.16. The van der Waals surface area contributed by atoms with Crippen molar-refractivity contribution < 1.29 is 22.6 Å². The molecule has 0 radical (unpaired) electrons. The summed E-state index contributed by atoms with van der Waals surface area (Å²) in [5.41, 5.74) is 0. The predicted molar refractivity (Wildman–Crippen MR) is 99.8 cm³/mol. The van der Waals surface area contributed by atoms with Crippen LogP contribution in [0, 0.1) is 0 Å². The Morgan fingerprint density at radius 3 is 2.54 bits per heavy atom. The normalized spacial score (nSPS) is 22.0. The number of fused-ring (bicyclic) bond motifs is 3. The molecular formula is C18H24N4O5S. The highest BCUT2D eigenvalue weighted by Gasteiger charge is 2.45. The molecule has 28 heavy (non-hydrogen) atoms. The molecule has 2 bridgehead atoms. The first-order valence-corrected chi connectivity index (χ1v) is 10.6. The van der Waals surface area contributed by atoms with Gasteiger partial charge in [-0.2, -0.15) is 4.31 Å². The number of benzene rings is 1. The van der Waals surface area contributed by atoms with E-state index in [4.69, 9.17) is 14.2 Å². The summed E-state index contributed by atoms with van der Waals surface area (Å²) in [6.45, 7) is 0.886. The van der Waals surface area contributed by atoms with E-state index in [2.05, 4.69) is 10.2 Å². The average Bonchev–Trinajstić information content (AvgIpc) is 3.20. The molecule has 2 aromatic rings. The third-order valence-corrected chi connectivity index (χ3v) is 7.47. The third kappa shape index (κ3) is 3.05. The van der Waals surface area contributed by atoms with Gasteiger partial charge in [-0.15, -0.1) is 10.2 Å². The van der Waals surface area contributed by atoms with Crippen molar-refractivity contribution >= 4 is 10.0 Å². The molecule has 0 aliphatic carbocycles. The van der Waals surface area contributed by atoms with E-state index < -0.39 is 10.0 Å². The standard InChI is InChI=1S/C18H24N4O5S/c1-25-11-18-20-19-17-8-12-4-5-13(10-21(17)18)22(12)28(23,24)14-6-7-15(26-2)16(9-14)27-3/h6-7,9,12-13H,4-5,8,10-11H2,1-3H3/t12-,13+/m0/s1. The highest BCUT2D eigenvalue weighted by molar-refractivity contribution is 7.89. The van der Waals surface area contributed by atoms with Gasteiger partial charge in [0.1, 0.15) is 12.4 Å². The summed E-state index contributed by atoms with van der Waals surface area (Å²) in [6, 6.07) is 4.43. The number of nitrogens with zero attached hydrogens (tertiary/aromatic N) is 4. The van der Waals surface area contributed by atoms with Crippen LogP contribution in [0.3, 0.4) is 0 Å². The fraction of sp³-hybridized carbons (Fsp3) is 0.556. The Kier molecular flexibility index (Phi) is 5.02. The fourth-order valence-corrected chi connectivity index (χ4v) is 6.06. The molecular weight excluding hydrogens is 384 g/mol. The minimum atomic E-state index is -3.69. The number of methoxy groups -OCH3 is 3. The van der Waals surface area contributed by atoms with Crippen molar-refractivity contribution in [3.63, 3.8) is 0 Å². The second-order valence-electron chi connectivity index (χ2n) is 7.02. The number of sulfonamides is 1. The number of ether oxygens (including phenoxy) is 3. The van der Waals surface area contributed by atoms with Gasteiger partial charge in [-0.3, -0.25) is 0 Å². The van der Waals surface area contributed by atoms with Crippen LogP contribution in [0.4, 0.5) is 0 Å². The molecule has 1 saturated heterocycles. The molecule has 0 spiro atoms. The summed E-state index contributed by atoms with van der Waals surface area (Å²) in [4.78, 5) is 0.205. The molecule has 0 N–H and O–H groups in total. The molecule has 2 aliphatic rings. The van der Waals surface area contributed by atoms with Gasteiger partial charge in [-0.25, -0.2) is 8.42 Å². The van der Waals surface area contributed by atoms with Crippen LogP contribution in [-0.2, 0) is 34.3 Å². The van der Waals surface area contributed by atoms with Gasteiger partial charge in [-0.1, -0.05) is 0 Å². The molecule has 0 amide bonds. The van der Waals surface area contributed by atoms with Crippen LogP contribution in [0.1, 0.15) is 24.5 Å². The monoisotopic (exact) mass is 408 g/mol. The molecule has 9 nitrogen and oxygen atoms in total. The van der Waals surface area contributed by atoms with E-state index in [1.165, 1.54) is 20.3 Å². The Balaban J connectivity index is 1.70. The van der Waals surface area contributed by atoms with Crippen molar-refractivity contribution in [1.29, 1.82) is 0 Å². The Bertz CT molecular complexity index is 974. The van der Waals surface area contributed by atoms with Crippen molar-refractivity contribution in [2.45, 2.75) is 49.4 Å². The number of hydrogen-bond acceptors (Lipinski definition) is 7. The van der Waals surface area contributed by atoms with Gasteiger partial charge in [0.15, 0.2) is 17.3 Å². The van der Waals surface area contributed by atoms with Crippen molar-refractivity contribution in [2.75, 3.05) is 21.3 Å². The summed E-state index contributed by atoms with van der Waals surface area (Å²) in [7, 11) is 0.930. The maximum absolute atomic E-state index is 13.5. The second-order valence-corrected chi connectivity index (χ2v) is 8.86. The quantitative estimate of drug-likeness (QED) is 0.709. The van der Waals surface area contributed by atoms with Crippen LogP contribution in [0.25, 0.3) is 0 Å². The highest BCUT2D eigenvalue weighted by Crippen LogP contribution is 2.38. The lowest BCUT2D eigenvalue weighted by atomic mass is 10.1. The lowest BCUT2D eigenvalue weighted by Crippen LogP contribution is -2.42. The Morgan fingerprint density at radius 2 is 1.82 bits per heavy atom. The van der Waals surface area contributed by atoms with Gasteiger partial charge in [0, 0.05) is 38.2 Å². The Labute approximate surface area is 164 Å². The number of rotatable bonds is 6. The van der Waals surface area contributed by atoms with E-state index in [0.29, 0.717) is 31.1 Å². The summed E-state index contributed by atoms with van der Waals surface area (Å²) < 4.78 is 46.4. The first kappa shape index (κ1) is 19.2. The van der Waals surface area contributed by atoms with Crippen LogP contribution >= 0.6 is 0 Å². The van der Waals surface area contributed by atoms with Crippen LogP contribution < -0.4 is 9.47 Å². The minimum Gasteiger partial charge on any atom is -0.493 e. The highest BCUT2D eigenvalue weighted by atomic mass is 32.2. The summed E-state index contributed by atoms with van der Waals surface area (Å²) >= 11 is 0. The van der Waals surface area contributed by atoms with E-state index in [9.17, 15) is 8.42 Å². The molecule has 10 heteroatoms. The second kappa shape index (κ2) is 7.34. The molecule has 1 aromatic carbocycles. The summed E-state index contributed by atoms with van der Waals surface area (Å²) in [5, 5.41) is 8.47. The Hall–Kier alpha value is -2.17. The van der Waals surface area contributed by atoms with Gasteiger partial charge in [0.2, 0.25) is 10.0 Å². The van der Waals surface area contributed by atoms with Crippen LogP contribution in [0.15, 0.2) is 23.1 Å². The van der Waals surface area contributed by atoms with Gasteiger partial charge in [-0.05, 0) is 25.0 Å². The first-order chi connectivity index (χ1) is 13.5. The van der Waals surface area contributed by atoms with E-state index >= 15 is 0 Å². The van der Waals surface area contributed by atoms with E-state index in [-0.39, 0.29) is 17.0 Å². The predicted octanol–water partition coefficient (Wildman–Crippen LogP) is 1.22. The first-order valence-electron chi connectivity index (χ1n) is 9.15. The fourth-order valence-electron chi connectivity index (χ4n) is 4.18. The zero-order valence-corrected chi connectivity index (χ0v) is 17.0. The molecule has 0 saturated carbocycles. The minimum absolute atomic E-state index is 0.135. The average molecular weight is 408 g/mol. The van der Waals surface area contributed by atoms with E-state index in [1.807, 2.05) is 4.57 Å². The molecule has 152 valence electrons. The maximum atomic E-state index is 13.5. The third-order valence-electron chi connectivity index (χ3n) is 5.47. The topological polar surface area (TPSA) is 95.8 Å². The van der Waals surface area contributed by atoms with E-state index in [0.717, 1.165) is 24.5 Å². The maximum Gasteiger partial charge on any atom is 0.243 e. The molecule has 1 aromatic heterocycles. The zero-order chi connectivity index (χ0) is 19.9. The molecule has 2 aliphatic heterocycles. The smallest absolute Gasteiger partial charge is 0.243 e. The number of aromatic nitrogens is 3. The molecule has 0 unspecified atom stereocenters. The molecule has 2 atom stereocenters. The lowest BCUT2D eigenvalue weighted by molar-refractivity contribution is 0.172. The SMILES string of the molecule is COCc1nnc2n1C[C@H]1CC[C@@H](C2)N1S(=O)(=O)c1ccc(OC)c(OC)c1. The van der Waals surface area contributed by atoms with Crippen molar-refractivity contribution in [3.05, 3.63) is 29.8 Å². The van der Waals surface area contributed by atoms with E-state index in [1.54, 1.807) is 23.5 Å². The van der Waals surface area contributed by atoms with Crippen molar-refractivity contribution in [3.8, 4) is 11.5 Å². The molecule has 1 fully saturated rings. The van der Waals surface area contributed by atoms with Crippen LogP contribution in [-0.4, -0.2) is 60.9 Å². The summed E-state index contributed by atoms with van der Waals surface area (Å²) in [5.74, 6) is 2.43.